The van der Waals surface area contributed by atoms with E-state index >= 15 is 0 Å². The molecule has 0 saturated heterocycles. The van der Waals surface area contributed by atoms with E-state index in [-0.39, 0.29) is 12.4 Å². The van der Waals surface area contributed by atoms with E-state index in [1.165, 1.54) is 4.90 Å². The Labute approximate surface area is 142 Å². The third-order valence-electron chi connectivity index (χ3n) is 3.09. The van der Waals surface area contributed by atoms with Gasteiger partial charge in [0.1, 0.15) is 5.75 Å². The van der Waals surface area contributed by atoms with Gasteiger partial charge in [-0.25, -0.2) is 4.79 Å². The topological polar surface area (TPSA) is 61.8 Å². The van der Waals surface area contributed by atoms with Crippen LogP contribution >= 0.6 is 12.4 Å². The second kappa shape index (κ2) is 9.02. The van der Waals surface area contributed by atoms with Crippen molar-refractivity contribution in [2.24, 2.45) is 0 Å². The number of amides is 1. The summed E-state index contributed by atoms with van der Waals surface area (Å²) in [6, 6.07) is 16.5. The number of aliphatic hydroxyl groups excluding tert-OH is 1. The molecule has 0 aliphatic rings. The summed E-state index contributed by atoms with van der Waals surface area (Å²) in [6.07, 6.45) is -1.15. The van der Waals surface area contributed by atoms with E-state index in [2.05, 4.69) is 5.32 Å². The third kappa shape index (κ3) is 5.81. The Morgan fingerprint density at radius 2 is 1.87 bits per heavy atom. The van der Waals surface area contributed by atoms with Crippen molar-refractivity contribution in [1.82, 2.24) is 4.90 Å². The van der Waals surface area contributed by atoms with Crippen molar-refractivity contribution in [1.29, 1.82) is 0 Å². The lowest BCUT2D eigenvalue weighted by Gasteiger charge is -2.15. The zero-order valence-corrected chi connectivity index (χ0v) is 13.9. The van der Waals surface area contributed by atoms with Gasteiger partial charge < -0.3 is 20.1 Å². The lowest BCUT2D eigenvalue weighted by atomic mass is 10.1. The number of nitrogens with one attached hydrogen (secondary N) is 1. The summed E-state index contributed by atoms with van der Waals surface area (Å²) >= 11 is 0. The molecule has 1 atom stereocenters. The van der Waals surface area contributed by atoms with Gasteiger partial charge in [-0.3, -0.25) is 0 Å². The molecule has 124 valence electrons. The summed E-state index contributed by atoms with van der Waals surface area (Å²) in [5, 5.41) is 13.4. The number of ether oxygens (including phenoxy) is 1. The maximum atomic E-state index is 11.5. The Kier molecular flexibility index (Phi) is 7.38. The molecule has 0 fully saturated rings. The molecule has 23 heavy (non-hydrogen) atoms. The van der Waals surface area contributed by atoms with Gasteiger partial charge in [-0.2, -0.15) is 0 Å². The first-order valence-corrected chi connectivity index (χ1v) is 7.02. The summed E-state index contributed by atoms with van der Waals surface area (Å²) in [4.78, 5) is 12.9. The summed E-state index contributed by atoms with van der Waals surface area (Å²) in [7, 11) is 3.23. The summed E-state index contributed by atoms with van der Waals surface area (Å²) in [5.41, 5.74) is 1.63. The Morgan fingerprint density at radius 3 is 2.52 bits per heavy atom. The van der Waals surface area contributed by atoms with Crippen molar-refractivity contribution in [3.05, 3.63) is 60.2 Å². The molecule has 0 heterocycles. The van der Waals surface area contributed by atoms with E-state index in [9.17, 15) is 9.90 Å². The second-order valence-electron chi connectivity index (χ2n) is 5.10. The molecule has 2 aromatic carbocycles. The number of anilines is 1. The largest absolute Gasteiger partial charge is 0.414 e. The van der Waals surface area contributed by atoms with Gasteiger partial charge in [-0.15, -0.1) is 12.4 Å². The molecular weight excluding hydrogens is 316 g/mol. The fourth-order valence-electron chi connectivity index (χ4n) is 1.87. The standard InChI is InChI=1S/C17H20N2O3.ClH/c1-19(2)17(21)22-15-10-6-7-13(11-15)16(20)12-18-14-8-4-3-5-9-14;/h3-11,16,18,20H,12H2,1-2H3;1H. The van der Waals surface area contributed by atoms with E-state index in [1.807, 2.05) is 30.3 Å². The molecule has 2 N–H and O–H groups in total. The van der Waals surface area contributed by atoms with E-state index < -0.39 is 12.2 Å². The number of halogens is 1. The van der Waals surface area contributed by atoms with Gasteiger partial charge in [-0.05, 0) is 29.8 Å². The highest BCUT2D eigenvalue weighted by Crippen LogP contribution is 2.20. The SMILES string of the molecule is CN(C)C(=O)Oc1cccc(C(O)CNc2ccccc2)c1.Cl. The first-order valence-electron chi connectivity index (χ1n) is 7.02. The first-order chi connectivity index (χ1) is 10.6. The van der Waals surface area contributed by atoms with Crippen molar-refractivity contribution in [2.75, 3.05) is 26.0 Å². The van der Waals surface area contributed by atoms with Crippen molar-refractivity contribution < 1.29 is 14.6 Å². The van der Waals surface area contributed by atoms with Crippen LogP contribution in [0.2, 0.25) is 0 Å². The highest BCUT2D eigenvalue weighted by molar-refractivity contribution is 5.85. The zero-order chi connectivity index (χ0) is 15.9. The second-order valence-corrected chi connectivity index (χ2v) is 5.10. The molecule has 1 amide bonds. The van der Waals surface area contributed by atoms with E-state index in [0.29, 0.717) is 17.9 Å². The molecule has 0 aromatic heterocycles. The molecule has 5 nitrogen and oxygen atoms in total. The van der Waals surface area contributed by atoms with Gasteiger partial charge in [0.25, 0.3) is 0 Å². The molecule has 0 radical (unpaired) electrons. The number of para-hydroxylation sites is 1. The van der Waals surface area contributed by atoms with Gasteiger partial charge >= 0.3 is 6.09 Å². The molecular formula is C17H21ClN2O3. The molecule has 2 aromatic rings. The number of carbonyl (C=O) groups is 1. The normalized spacial score (nSPS) is 11.1. The summed E-state index contributed by atoms with van der Waals surface area (Å²) in [5.74, 6) is 0.412. The van der Waals surface area contributed by atoms with Crippen LogP contribution in [0.15, 0.2) is 54.6 Å². The van der Waals surface area contributed by atoms with Crippen molar-refractivity contribution in [3.8, 4) is 5.75 Å². The van der Waals surface area contributed by atoms with Crippen LogP contribution in [-0.4, -0.2) is 36.7 Å². The number of benzene rings is 2. The van der Waals surface area contributed by atoms with E-state index in [0.717, 1.165) is 5.69 Å². The lowest BCUT2D eigenvalue weighted by molar-refractivity contribution is 0.170. The number of aliphatic hydroxyl groups is 1. The van der Waals surface area contributed by atoms with Crippen LogP contribution < -0.4 is 10.1 Å². The highest BCUT2D eigenvalue weighted by atomic mass is 35.5. The maximum Gasteiger partial charge on any atom is 0.414 e. The molecule has 1 unspecified atom stereocenters. The Bertz CT molecular complexity index is 620. The highest BCUT2D eigenvalue weighted by Gasteiger charge is 2.11. The average molecular weight is 337 g/mol. The van der Waals surface area contributed by atoms with Gasteiger partial charge in [0.05, 0.1) is 6.10 Å². The van der Waals surface area contributed by atoms with E-state index in [1.54, 1.807) is 38.4 Å². The summed E-state index contributed by atoms with van der Waals surface area (Å²) in [6.45, 7) is 0.370. The van der Waals surface area contributed by atoms with Crippen LogP contribution in [0.4, 0.5) is 10.5 Å². The first kappa shape index (κ1) is 18.8. The predicted molar refractivity (Wildman–Crippen MR) is 93.3 cm³/mol. The van der Waals surface area contributed by atoms with Crippen LogP contribution in [0.1, 0.15) is 11.7 Å². The predicted octanol–water partition coefficient (Wildman–Crippen LogP) is 3.31. The fraction of sp³-hybridized carbons (Fsp3) is 0.235. The maximum absolute atomic E-state index is 11.5. The zero-order valence-electron chi connectivity index (χ0n) is 13.1. The van der Waals surface area contributed by atoms with Crippen LogP contribution in [0.25, 0.3) is 0 Å². The molecule has 0 bridgehead atoms. The number of hydrogen-bond acceptors (Lipinski definition) is 4. The minimum absolute atomic E-state index is 0. The quantitative estimate of drug-likeness (QED) is 0.879. The van der Waals surface area contributed by atoms with Crippen LogP contribution in [-0.2, 0) is 0 Å². The summed E-state index contributed by atoms with van der Waals surface area (Å²) < 4.78 is 5.18. The van der Waals surface area contributed by atoms with Gasteiger partial charge in [0.15, 0.2) is 0 Å². The number of hydrogen-bond donors (Lipinski definition) is 2. The van der Waals surface area contributed by atoms with Crippen molar-refractivity contribution >= 4 is 24.2 Å². The monoisotopic (exact) mass is 336 g/mol. The van der Waals surface area contributed by atoms with Gasteiger partial charge in [0, 0.05) is 26.3 Å². The van der Waals surface area contributed by atoms with Gasteiger partial charge in [-0.1, -0.05) is 30.3 Å². The van der Waals surface area contributed by atoms with Crippen LogP contribution in [0, 0.1) is 0 Å². The number of rotatable bonds is 5. The Morgan fingerprint density at radius 1 is 1.17 bits per heavy atom. The van der Waals surface area contributed by atoms with Crippen LogP contribution in [0.5, 0.6) is 5.75 Å². The lowest BCUT2D eigenvalue weighted by Crippen LogP contribution is -2.25. The molecule has 0 saturated carbocycles. The third-order valence-corrected chi connectivity index (χ3v) is 3.09. The minimum Gasteiger partial charge on any atom is -0.410 e. The molecule has 0 aliphatic carbocycles. The van der Waals surface area contributed by atoms with Crippen LogP contribution in [0.3, 0.4) is 0 Å². The molecule has 2 rings (SSSR count). The van der Waals surface area contributed by atoms with E-state index in [4.69, 9.17) is 4.74 Å². The Balaban J connectivity index is 0.00000264. The fourth-order valence-corrected chi connectivity index (χ4v) is 1.87. The van der Waals surface area contributed by atoms with Crippen molar-refractivity contribution in [3.63, 3.8) is 0 Å². The molecule has 0 aliphatic heterocycles. The van der Waals surface area contributed by atoms with Gasteiger partial charge in [0.2, 0.25) is 0 Å². The average Bonchev–Trinajstić information content (AvgIpc) is 2.53. The number of carbonyl (C=O) groups excluding carboxylic acids is 1. The number of nitrogens with zero attached hydrogens (tertiary/aromatic N) is 1. The minimum atomic E-state index is -0.696. The Hall–Kier alpha value is -2.24. The van der Waals surface area contributed by atoms with Crippen molar-refractivity contribution in [2.45, 2.75) is 6.10 Å². The molecule has 0 spiro atoms. The smallest absolute Gasteiger partial charge is 0.410 e. The molecule has 6 heteroatoms.